The first-order valence-electron chi connectivity index (χ1n) is 7.73. The molecule has 1 amide bonds. The molecule has 0 atom stereocenters. The first-order chi connectivity index (χ1) is 11.7. The molecule has 0 aliphatic carbocycles. The standard InChI is InChI=1S/C19H17ClN2O2/c1-2-22(13-14-8-4-3-5-9-14)19(23)16-12-21-24-18(16)15-10-6-7-11-17(15)20/h3-12H,2,13H2,1H3. The lowest BCUT2D eigenvalue weighted by Gasteiger charge is -2.20. The Morgan fingerprint density at radius 3 is 2.54 bits per heavy atom. The van der Waals surface area contributed by atoms with Gasteiger partial charge in [-0.05, 0) is 24.6 Å². The van der Waals surface area contributed by atoms with Crippen LogP contribution in [0.5, 0.6) is 0 Å². The molecule has 1 aromatic heterocycles. The van der Waals surface area contributed by atoms with Crippen LogP contribution in [-0.2, 0) is 6.54 Å². The van der Waals surface area contributed by atoms with Gasteiger partial charge in [0.1, 0.15) is 5.56 Å². The van der Waals surface area contributed by atoms with Crippen LogP contribution in [0.3, 0.4) is 0 Å². The molecule has 0 N–H and O–H groups in total. The number of carbonyl (C=O) groups excluding carboxylic acids is 1. The van der Waals surface area contributed by atoms with E-state index >= 15 is 0 Å². The summed E-state index contributed by atoms with van der Waals surface area (Å²) < 4.78 is 5.32. The van der Waals surface area contributed by atoms with Crippen LogP contribution in [0.15, 0.2) is 65.3 Å². The van der Waals surface area contributed by atoms with Gasteiger partial charge in [-0.25, -0.2) is 0 Å². The van der Waals surface area contributed by atoms with E-state index < -0.39 is 0 Å². The van der Waals surface area contributed by atoms with E-state index in [1.54, 1.807) is 11.0 Å². The van der Waals surface area contributed by atoms with Gasteiger partial charge in [0.2, 0.25) is 0 Å². The van der Waals surface area contributed by atoms with Crippen molar-refractivity contribution < 1.29 is 9.32 Å². The minimum absolute atomic E-state index is 0.127. The summed E-state index contributed by atoms with van der Waals surface area (Å²) in [7, 11) is 0. The van der Waals surface area contributed by atoms with Crippen LogP contribution >= 0.6 is 11.6 Å². The fourth-order valence-corrected chi connectivity index (χ4v) is 2.75. The fraction of sp³-hybridized carbons (Fsp3) is 0.158. The van der Waals surface area contributed by atoms with Gasteiger partial charge in [0, 0.05) is 18.7 Å². The van der Waals surface area contributed by atoms with Crippen LogP contribution < -0.4 is 0 Å². The molecule has 5 heteroatoms. The predicted octanol–water partition coefficient (Wildman–Crippen LogP) is 4.66. The Labute approximate surface area is 145 Å². The summed E-state index contributed by atoms with van der Waals surface area (Å²) in [5.74, 6) is 0.273. The number of aromatic nitrogens is 1. The highest BCUT2D eigenvalue weighted by Gasteiger charge is 2.23. The summed E-state index contributed by atoms with van der Waals surface area (Å²) in [5.41, 5.74) is 2.15. The number of halogens is 1. The van der Waals surface area contributed by atoms with Crippen molar-refractivity contribution in [1.82, 2.24) is 10.1 Å². The Morgan fingerprint density at radius 2 is 1.83 bits per heavy atom. The third-order valence-corrected chi connectivity index (χ3v) is 4.13. The number of carbonyl (C=O) groups is 1. The molecule has 3 rings (SSSR count). The molecular formula is C19H17ClN2O2. The van der Waals surface area contributed by atoms with E-state index in [4.69, 9.17) is 16.1 Å². The van der Waals surface area contributed by atoms with Crippen molar-refractivity contribution >= 4 is 17.5 Å². The highest BCUT2D eigenvalue weighted by molar-refractivity contribution is 6.33. The largest absolute Gasteiger partial charge is 0.355 e. The normalized spacial score (nSPS) is 10.6. The molecule has 4 nitrogen and oxygen atoms in total. The highest BCUT2D eigenvalue weighted by atomic mass is 35.5. The van der Waals surface area contributed by atoms with Gasteiger partial charge in [0.05, 0.1) is 11.2 Å². The summed E-state index contributed by atoms with van der Waals surface area (Å²) in [6.45, 7) is 3.06. The number of nitrogens with zero attached hydrogens (tertiary/aromatic N) is 2. The van der Waals surface area contributed by atoms with E-state index in [2.05, 4.69) is 5.16 Å². The quantitative estimate of drug-likeness (QED) is 0.678. The van der Waals surface area contributed by atoms with Crippen molar-refractivity contribution in [2.24, 2.45) is 0 Å². The second kappa shape index (κ2) is 7.32. The predicted molar refractivity (Wildman–Crippen MR) is 93.8 cm³/mol. The van der Waals surface area contributed by atoms with Crippen LogP contribution in [0.2, 0.25) is 5.02 Å². The van der Waals surface area contributed by atoms with Gasteiger partial charge in [0.25, 0.3) is 5.91 Å². The van der Waals surface area contributed by atoms with Crippen molar-refractivity contribution in [3.8, 4) is 11.3 Å². The maximum Gasteiger partial charge on any atom is 0.259 e. The number of hydrogen-bond donors (Lipinski definition) is 0. The van der Waals surface area contributed by atoms with Gasteiger partial charge in [-0.3, -0.25) is 4.79 Å². The van der Waals surface area contributed by atoms with E-state index in [0.29, 0.717) is 35.0 Å². The van der Waals surface area contributed by atoms with Crippen molar-refractivity contribution in [2.45, 2.75) is 13.5 Å². The number of benzene rings is 2. The first-order valence-corrected chi connectivity index (χ1v) is 8.11. The van der Waals surface area contributed by atoms with Gasteiger partial charge in [-0.2, -0.15) is 0 Å². The summed E-state index contributed by atoms with van der Waals surface area (Å²) >= 11 is 6.22. The van der Waals surface area contributed by atoms with Crippen molar-refractivity contribution in [1.29, 1.82) is 0 Å². The first kappa shape index (κ1) is 16.3. The monoisotopic (exact) mass is 340 g/mol. The molecule has 0 bridgehead atoms. The number of amides is 1. The van der Waals surface area contributed by atoms with Crippen LogP contribution in [0, 0.1) is 0 Å². The Hall–Kier alpha value is -2.59. The van der Waals surface area contributed by atoms with E-state index in [-0.39, 0.29) is 5.91 Å². The zero-order chi connectivity index (χ0) is 16.9. The van der Waals surface area contributed by atoms with Gasteiger partial charge >= 0.3 is 0 Å². The fourth-order valence-electron chi connectivity index (χ4n) is 2.53. The molecule has 0 radical (unpaired) electrons. The van der Waals surface area contributed by atoms with Crippen LogP contribution in [0.1, 0.15) is 22.8 Å². The zero-order valence-electron chi connectivity index (χ0n) is 13.3. The molecule has 0 unspecified atom stereocenters. The van der Waals surface area contributed by atoms with Crippen molar-refractivity contribution in [3.63, 3.8) is 0 Å². The Morgan fingerprint density at radius 1 is 1.12 bits per heavy atom. The zero-order valence-corrected chi connectivity index (χ0v) is 14.0. The van der Waals surface area contributed by atoms with Gasteiger partial charge in [-0.1, -0.05) is 59.2 Å². The van der Waals surface area contributed by atoms with Crippen LogP contribution in [0.25, 0.3) is 11.3 Å². The molecule has 0 saturated heterocycles. The highest BCUT2D eigenvalue weighted by Crippen LogP contribution is 2.31. The lowest BCUT2D eigenvalue weighted by atomic mass is 10.1. The van der Waals surface area contributed by atoms with Crippen molar-refractivity contribution in [2.75, 3.05) is 6.54 Å². The van der Waals surface area contributed by atoms with E-state index in [9.17, 15) is 4.79 Å². The second-order valence-corrected chi connectivity index (χ2v) is 5.76. The van der Waals surface area contributed by atoms with E-state index in [1.165, 1.54) is 6.20 Å². The number of hydrogen-bond acceptors (Lipinski definition) is 3. The van der Waals surface area contributed by atoms with Gasteiger partial charge < -0.3 is 9.42 Å². The molecule has 0 saturated carbocycles. The minimum atomic E-state index is -0.127. The Kier molecular flexibility index (Phi) is 4.96. The molecule has 0 fully saturated rings. The number of rotatable bonds is 5. The average Bonchev–Trinajstić information content (AvgIpc) is 3.10. The van der Waals surface area contributed by atoms with Crippen molar-refractivity contribution in [3.05, 3.63) is 76.9 Å². The summed E-state index contributed by atoms with van der Waals surface area (Å²) in [5, 5.41) is 4.33. The van der Waals surface area contributed by atoms with Crippen LogP contribution in [0.4, 0.5) is 0 Å². The van der Waals surface area contributed by atoms with E-state index in [0.717, 1.165) is 5.56 Å². The molecule has 0 aliphatic rings. The molecule has 1 heterocycles. The molecule has 2 aromatic carbocycles. The lowest BCUT2D eigenvalue weighted by Crippen LogP contribution is -2.30. The van der Waals surface area contributed by atoms with E-state index in [1.807, 2.05) is 55.5 Å². The topological polar surface area (TPSA) is 46.3 Å². The molecule has 122 valence electrons. The summed E-state index contributed by atoms with van der Waals surface area (Å²) in [4.78, 5) is 14.7. The van der Waals surface area contributed by atoms with Gasteiger partial charge in [-0.15, -0.1) is 0 Å². The minimum Gasteiger partial charge on any atom is -0.355 e. The third-order valence-electron chi connectivity index (χ3n) is 3.80. The average molecular weight is 341 g/mol. The maximum atomic E-state index is 12.9. The Balaban J connectivity index is 1.90. The lowest BCUT2D eigenvalue weighted by molar-refractivity contribution is 0.0753. The van der Waals surface area contributed by atoms with Crippen LogP contribution in [-0.4, -0.2) is 22.5 Å². The molecule has 3 aromatic rings. The summed E-state index contributed by atoms with van der Waals surface area (Å²) in [6, 6.07) is 17.1. The van der Waals surface area contributed by atoms with Gasteiger partial charge in [0.15, 0.2) is 5.76 Å². The summed E-state index contributed by atoms with van der Waals surface area (Å²) in [6.07, 6.45) is 1.45. The SMILES string of the molecule is CCN(Cc1ccccc1)C(=O)c1cnoc1-c1ccccc1Cl. The maximum absolute atomic E-state index is 12.9. The molecule has 0 spiro atoms. The molecule has 0 aliphatic heterocycles. The molecular weight excluding hydrogens is 324 g/mol. The second-order valence-electron chi connectivity index (χ2n) is 5.35. The third kappa shape index (κ3) is 3.34. The smallest absolute Gasteiger partial charge is 0.259 e. The molecule has 24 heavy (non-hydrogen) atoms. The Bertz CT molecular complexity index is 830.